The smallest absolute Gasteiger partial charge is 0.310 e. The molecule has 2 rings (SSSR count). The number of nitrogens with zero attached hydrogens (tertiary/aromatic N) is 3. The fourth-order valence-corrected chi connectivity index (χ4v) is 2.36. The van der Waals surface area contributed by atoms with E-state index in [4.69, 9.17) is 4.74 Å². The molecule has 20 heavy (non-hydrogen) atoms. The van der Waals surface area contributed by atoms with Crippen LogP contribution in [0, 0.1) is 11.8 Å². The Kier molecular flexibility index (Phi) is 4.16. The molecule has 1 N–H and O–H groups in total. The molecule has 1 saturated heterocycles. The maximum Gasteiger partial charge on any atom is 0.310 e. The number of hydrogen-bond acceptors (Lipinski definition) is 6. The predicted molar refractivity (Wildman–Crippen MR) is 72.3 cm³/mol. The first-order valence-electron chi connectivity index (χ1n) is 6.45. The van der Waals surface area contributed by atoms with Crippen LogP contribution in [0.1, 0.15) is 17.4 Å². The number of rotatable bonds is 3. The summed E-state index contributed by atoms with van der Waals surface area (Å²) in [6, 6.07) is 3.36. The van der Waals surface area contributed by atoms with Crippen LogP contribution in [0.3, 0.4) is 0 Å². The average molecular weight is 278 g/mol. The summed E-state index contributed by atoms with van der Waals surface area (Å²) >= 11 is 0. The van der Waals surface area contributed by atoms with E-state index in [1.807, 2.05) is 11.8 Å². The van der Waals surface area contributed by atoms with E-state index < -0.39 is 0 Å². The van der Waals surface area contributed by atoms with E-state index in [0.29, 0.717) is 18.9 Å². The average Bonchev–Trinajstić information content (AvgIpc) is 2.87. The molecule has 7 nitrogen and oxygen atoms in total. The Hall–Kier alpha value is -2.18. The molecule has 0 aliphatic carbocycles. The molecule has 0 bridgehead atoms. The van der Waals surface area contributed by atoms with Crippen LogP contribution in [0.2, 0.25) is 0 Å². The molecule has 2 unspecified atom stereocenters. The Morgan fingerprint density at radius 3 is 2.65 bits per heavy atom. The summed E-state index contributed by atoms with van der Waals surface area (Å²) in [6.45, 7) is 3.28. The van der Waals surface area contributed by atoms with Gasteiger partial charge in [-0.15, -0.1) is 10.2 Å². The van der Waals surface area contributed by atoms with Gasteiger partial charge in [-0.3, -0.25) is 9.59 Å². The summed E-state index contributed by atoms with van der Waals surface area (Å²) in [5.74, 6) is 0.236. The van der Waals surface area contributed by atoms with Gasteiger partial charge < -0.3 is 15.0 Å². The van der Waals surface area contributed by atoms with Gasteiger partial charge in [0, 0.05) is 20.1 Å². The first kappa shape index (κ1) is 14.2. The number of aromatic nitrogens is 2. The van der Waals surface area contributed by atoms with Crippen molar-refractivity contribution in [3.8, 4) is 0 Å². The van der Waals surface area contributed by atoms with E-state index in [-0.39, 0.29) is 29.4 Å². The number of methoxy groups -OCH3 is 1. The summed E-state index contributed by atoms with van der Waals surface area (Å²) in [5.41, 5.74) is 0.271. The minimum absolute atomic E-state index is 0.152. The molecule has 1 fully saturated rings. The van der Waals surface area contributed by atoms with Gasteiger partial charge in [-0.25, -0.2) is 0 Å². The first-order chi connectivity index (χ1) is 9.56. The summed E-state index contributed by atoms with van der Waals surface area (Å²) in [5, 5.41) is 10.4. The normalized spacial score (nSPS) is 21.6. The Morgan fingerprint density at radius 1 is 1.35 bits per heavy atom. The van der Waals surface area contributed by atoms with Gasteiger partial charge in [0.05, 0.1) is 13.0 Å². The molecule has 1 aromatic rings. The van der Waals surface area contributed by atoms with Crippen LogP contribution in [-0.2, 0) is 9.53 Å². The third kappa shape index (κ3) is 2.71. The second kappa shape index (κ2) is 5.85. The standard InChI is InChI=1S/C13H18N4O3/c1-8-6-17(7-9(8)13(19)20-3)11-5-4-10(15-16-11)12(18)14-2/h4-5,8-9H,6-7H2,1-3H3,(H,14,18). The monoisotopic (exact) mass is 278 g/mol. The van der Waals surface area contributed by atoms with Crippen molar-refractivity contribution in [1.29, 1.82) is 0 Å². The van der Waals surface area contributed by atoms with E-state index in [2.05, 4.69) is 15.5 Å². The molecule has 108 valence electrons. The van der Waals surface area contributed by atoms with Crippen LogP contribution in [-0.4, -0.2) is 49.3 Å². The van der Waals surface area contributed by atoms with Crippen molar-refractivity contribution in [2.45, 2.75) is 6.92 Å². The lowest BCUT2D eigenvalue weighted by Gasteiger charge is -2.16. The highest BCUT2D eigenvalue weighted by molar-refractivity contribution is 5.91. The third-order valence-electron chi connectivity index (χ3n) is 3.55. The fraction of sp³-hybridized carbons (Fsp3) is 0.538. The van der Waals surface area contributed by atoms with Crippen molar-refractivity contribution in [2.24, 2.45) is 11.8 Å². The molecule has 0 spiro atoms. The van der Waals surface area contributed by atoms with Crippen LogP contribution in [0.15, 0.2) is 12.1 Å². The van der Waals surface area contributed by atoms with E-state index in [1.54, 1.807) is 19.2 Å². The summed E-state index contributed by atoms with van der Waals surface area (Å²) in [6.07, 6.45) is 0. The lowest BCUT2D eigenvalue weighted by Crippen LogP contribution is -2.25. The van der Waals surface area contributed by atoms with E-state index in [0.717, 1.165) is 0 Å². The SMILES string of the molecule is CNC(=O)c1ccc(N2CC(C)C(C(=O)OC)C2)nn1. The fourth-order valence-electron chi connectivity index (χ4n) is 2.36. The highest BCUT2D eigenvalue weighted by atomic mass is 16.5. The number of anilines is 1. The topological polar surface area (TPSA) is 84.4 Å². The van der Waals surface area contributed by atoms with Gasteiger partial charge in [-0.05, 0) is 18.1 Å². The van der Waals surface area contributed by atoms with Gasteiger partial charge in [-0.2, -0.15) is 0 Å². The number of carbonyl (C=O) groups is 2. The van der Waals surface area contributed by atoms with Crippen molar-refractivity contribution in [3.05, 3.63) is 17.8 Å². The Balaban J connectivity index is 2.10. The van der Waals surface area contributed by atoms with Gasteiger partial charge in [-0.1, -0.05) is 6.92 Å². The number of nitrogens with one attached hydrogen (secondary N) is 1. The van der Waals surface area contributed by atoms with E-state index >= 15 is 0 Å². The second-order valence-electron chi connectivity index (χ2n) is 4.87. The lowest BCUT2D eigenvalue weighted by atomic mass is 9.99. The zero-order valence-corrected chi connectivity index (χ0v) is 11.8. The largest absolute Gasteiger partial charge is 0.469 e. The van der Waals surface area contributed by atoms with Crippen LogP contribution in [0.4, 0.5) is 5.82 Å². The number of hydrogen-bond donors (Lipinski definition) is 1. The second-order valence-corrected chi connectivity index (χ2v) is 4.87. The van der Waals surface area contributed by atoms with Gasteiger partial charge >= 0.3 is 5.97 Å². The highest BCUT2D eigenvalue weighted by Crippen LogP contribution is 2.27. The first-order valence-corrected chi connectivity index (χ1v) is 6.45. The van der Waals surface area contributed by atoms with Gasteiger partial charge in [0.15, 0.2) is 11.5 Å². The molecule has 1 amide bonds. The number of carbonyl (C=O) groups excluding carboxylic acids is 2. The minimum Gasteiger partial charge on any atom is -0.469 e. The van der Waals surface area contributed by atoms with Crippen molar-refractivity contribution in [2.75, 3.05) is 32.1 Å². The molecule has 0 radical (unpaired) electrons. The number of ether oxygens (including phenoxy) is 1. The Labute approximate surface area is 117 Å². The summed E-state index contributed by atoms with van der Waals surface area (Å²) in [7, 11) is 2.94. The van der Waals surface area contributed by atoms with Crippen molar-refractivity contribution < 1.29 is 14.3 Å². The predicted octanol–water partition coefficient (Wildman–Crippen LogP) is 0.0815. The van der Waals surface area contributed by atoms with Crippen LogP contribution in [0.25, 0.3) is 0 Å². The van der Waals surface area contributed by atoms with Crippen molar-refractivity contribution in [3.63, 3.8) is 0 Å². The highest BCUT2D eigenvalue weighted by Gasteiger charge is 2.36. The van der Waals surface area contributed by atoms with Gasteiger partial charge in [0.2, 0.25) is 0 Å². The van der Waals surface area contributed by atoms with Crippen LogP contribution < -0.4 is 10.2 Å². The minimum atomic E-state index is -0.272. The third-order valence-corrected chi connectivity index (χ3v) is 3.55. The molecule has 1 aliphatic rings. The molecule has 2 heterocycles. The maximum absolute atomic E-state index is 11.6. The molecular formula is C13H18N4O3. The molecule has 2 atom stereocenters. The Bertz CT molecular complexity index is 503. The van der Waals surface area contributed by atoms with Crippen LogP contribution in [0.5, 0.6) is 0 Å². The van der Waals surface area contributed by atoms with E-state index in [9.17, 15) is 9.59 Å². The summed E-state index contributed by atoms with van der Waals surface area (Å²) < 4.78 is 4.80. The van der Waals surface area contributed by atoms with Crippen molar-refractivity contribution in [1.82, 2.24) is 15.5 Å². The van der Waals surface area contributed by atoms with Gasteiger partial charge in [0.1, 0.15) is 0 Å². The van der Waals surface area contributed by atoms with Gasteiger partial charge in [0.25, 0.3) is 5.91 Å². The number of amides is 1. The molecular weight excluding hydrogens is 260 g/mol. The van der Waals surface area contributed by atoms with E-state index in [1.165, 1.54) is 7.11 Å². The Morgan fingerprint density at radius 2 is 2.10 bits per heavy atom. The van der Waals surface area contributed by atoms with Crippen LogP contribution >= 0.6 is 0 Å². The van der Waals surface area contributed by atoms with Crippen molar-refractivity contribution >= 4 is 17.7 Å². The summed E-state index contributed by atoms with van der Waals surface area (Å²) in [4.78, 5) is 25.0. The molecule has 7 heteroatoms. The molecule has 0 saturated carbocycles. The molecule has 0 aromatic carbocycles. The lowest BCUT2D eigenvalue weighted by molar-refractivity contribution is -0.145. The molecule has 1 aliphatic heterocycles. The zero-order chi connectivity index (χ0) is 14.7. The number of esters is 1. The maximum atomic E-state index is 11.6. The quantitative estimate of drug-likeness (QED) is 0.788. The zero-order valence-electron chi connectivity index (χ0n) is 11.8. The molecule has 1 aromatic heterocycles.